The van der Waals surface area contributed by atoms with Crippen molar-refractivity contribution in [1.29, 1.82) is 0 Å². The average molecular weight is 424 g/mol. The minimum absolute atomic E-state index is 0.220. The highest BCUT2D eigenvalue weighted by molar-refractivity contribution is 6.09. The molecule has 2 aliphatic heterocycles. The van der Waals surface area contributed by atoms with Crippen LogP contribution in [-0.4, -0.2) is 52.8 Å². The first-order chi connectivity index (χ1) is 15.1. The number of nitrogens with one attached hydrogen (secondary N) is 1. The largest absolute Gasteiger partial charge is 0.329 e. The van der Waals surface area contributed by atoms with E-state index in [1.54, 1.807) is 4.90 Å². The number of anilines is 1. The third-order valence-corrected chi connectivity index (χ3v) is 7.45. The van der Waals surface area contributed by atoms with E-state index in [-0.39, 0.29) is 11.9 Å². The zero-order valence-corrected chi connectivity index (χ0v) is 18.5. The molecule has 7 nitrogen and oxygen atoms in total. The highest BCUT2D eigenvalue weighted by Crippen LogP contribution is 2.37. The molecule has 0 bridgehead atoms. The summed E-state index contributed by atoms with van der Waals surface area (Å²) in [6.07, 6.45) is 9.72. The maximum absolute atomic E-state index is 12.4. The van der Waals surface area contributed by atoms with Gasteiger partial charge in [-0.05, 0) is 62.2 Å². The molecule has 1 N–H and O–H groups in total. The van der Waals surface area contributed by atoms with E-state index in [1.807, 2.05) is 17.8 Å². The van der Waals surface area contributed by atoms with Crippen molar-refractivity contribution >= 4 is 28.7 Å². The van der Waals surface area contributed by atoms with Crippen LogP contribution in [0.15, 0.2) is 18.2 Å². The second kappa shape index (κ2) is 8.61. The fourth-order valence-electron chi connectivity index (χ4n) is 5.81. The molecule has 31 heavy (non-hydrogen) atoms. The third kappa shape index (κ3) is 4.07. The Hall–Kier alpha value is -2.41. The highest BCUT2D eigenvalue weighted by Gasteiger charge is 2.30. The van der Waals surface area contributed by atoms with Gasteiger partial charge in [0.1, 0.15) is 0 Å². The zero-order chi connectivity index (χ0) is 21.4. The predicted molar refractivity (Wildman–Crippen MR) is 121 cm³/mol. The maximum Gasteiger partial charge on any atom is 0.329 e. The Kier molecular flexibility index (Phi) is 5.69. The van der Waals surface area contributed by atoms with Gasteiger partial charge in [0.25, 0.3) is 0 Å². The van der Waals surface area contributed by atoms with Gasteiger partial charge in [-0.3, -0.25) is 19.7 Å². The number of hydrogen-bond acceptors (Lipinski definition) is 4. The summed E-state index contributed by atoms with van der Waals surface area (Å²) in [5, 5.41) is 8.10. The van der Waals surface area contributed by atoms with Crippen LogP contribution in [0.1, 0.15) is 62.8 Å². The summed E-state index contributed by atoms with van der Waals surface area (Å²) in [4.78, 5) is 28.2. The smallest absolute Gasteiger partial charge is 0.303 e. The number of rotatable bonds is 4. The Labute approximate surface area is 183 Å². The van der Waals surface area contributed by atoms with Crippen LogP contribution in [0, 0.1) is 5.92 Å². The van der Waals surface area contributed by atoms with Crippen molar-refractivity contribution in [3.63, 3.8) is 0 Å². The monoisotopic (exact) mass is 423 g/mol. The molecule has 3 heterocycles. The molecule has 0 unspecified atom stereocenters. The van der Waals surface area contributed by atoms with Crippen molar-refractivity contribution in [2.24, 2.45) is 13.0 Å². The van der Waals surface area contributed by atoms with Gasteiger partial charge in [-0.1, -0.05) is 31.4 Å². The molecule has 2 saturated heterocycles. The second-order valence-corrected chi connectivity index (χ2v) is 9.52. The first-order valence-electron chi connectivity index (χ1n) is 11.9. The van der Waals surface area contributed by atoms with Crippen molar-refractivity contribution in [2.45, 2.75) is 57.3 Å². The number of hydrogen-bond donors (Lipinski definition) is 1. The van der Waals surface area contributed by atoms with Gasteiger partial charge in [0, 0.05) is 31.9 Å². The van der Waals surface area contributed by atoms with Crippen molar-refractivity contribution in [1.82, 2.24) is 20.0 Å². The van der Waals surface area contributed by atoms with E-state index in [4.69, 9.17) is 5.10 Å². The summed E-state index contributed by atoms with van der Waals surface area (Å²) in [7, 11) is 1.96. The van der Waals surface area contributed by atoms with Crippen molar-refractivity contribution in [3.05, 3.63) is 23.8 Å². The van der Waals surface area contributed by atoms with Crippen LogP contribution < -0.4 is 10.2 Å². The van der Waals surface area contributed by atoms with Crippen LogP contribution in [0.5, 0.6) is 0 Å². The summed E-state index contributed by atoms with van der Waals surface area (Å²) in [6.45, 7) is 3.98. The predicted octanol–water partition coefficient (Wildman–Crippen LogP) is 3.78. The van der Waals surface area contributed by atoms with E-state index < -0.39 is 0 Å². The molecular formula is C24H33N5O2. The Bertz CT molecular complexity index is 970. The van der Waals surface area contributed by atoms with Crippen LogP contribution in [0.4, 0.5) is 10.6 Å². The lowest BCUT2D eigenvalue weighted by Gasteiger charge is -2.35. The Morgan fingerprint density at radius 3 is 2.55 bits per heavy atom. The summed E-state index contributed by atoms with van der Waals surface area (Å²) >= 11 is 0. The second-order valence-electron chi connectivity index (χ2n) is 9.52. The number of carbonyl (C=O) groups is 2. The van der Waals surface area contributed by atoms with E-state index in [0.29, 0.717) is 24.7 Å². The molecule has 1 aliphatic carbocycles. The molecule has 1 aromatic heterocycles. The topological polar surface area (TPSA) is 70.5 Å². The van der Waals surface area contributed by atoms with Crippen LogP contribution >= 0.6 is 0 Å². The van der Waals surface area contributed by atoms with Crippen molar-refractivity contribution in [3.8, 4) is 0 Å². The van der Waals surface area contributed by atoms with Gasteiger partial charge in [0.05, 0.1) is 5.52 Å². The van der Waals surface area contributed by atoms with Crippen LogP contribution in [-0.2, 0) is 11.8 Å². The molecule has 166 valence electrons. The number of benzene rings is 1. The lowest BCUT2D eigenvalue weighted by Crippen LogP contribution is -2.49. The van der Waals surface area contributed by atoms with E-state index in [0.717, 1.165) is 16.8 Å². The SMILES string of the molecule is Cn1nc(N2CCC(=O)NC2=O)c2cccc(C3CCN(CC4CCCCC4)CC3)c21. The standard InChI is InChI=1S/C24H33N5O2/c1-27-22-19(18-10-13-28(14-11-18)16-17-6-3-2-4-7-17)8-5-9-20(22)23(26-27)29-15-12-21(30)25-24(29)31/h5,8-9,17-18H,2-4,6-7,10-16H2,1H3,(H,25,30,31). The van der Waals surface area contributed by atoms with Gasteiger partial charge in [-0.25, -0.2) is 4.79 Å². The number of fused-ring (bicyclic) bond motifs is 1. The molecule has 1 aromatic carbocycles. The number of urea groups is 1. The highest BCUT2D eigenvalue weighted by atomic mass is 16.2. The van der Waals surface area contributed by atoms with Crippen LogP contribution in [0.25, 0.3) is 10.9 Å². The average Bonchev–Trinajstić information content (AvgIpc) is 3.12. The minimum atomic E-state index is -0.377. The van der Waals surface area contributed by atoms with Gasteiger partial charge >= 0.3 is 6.03 Å². The molecule has 3 amide bonds. The molecule has 0 atom stereocenters. The zero-order valence-electron chi connectivity index (χ0n) is 18.5. The first kappa shape index (κ1) is 20.5. The first-order valence-corrected chi connectivity index (χ1v) is 11.9. The molecular weight excluding hydrogens is 390 g/mol. The van der Waals surface area contributed by atoms with Gasteiger partial charge in [0.2, 0.25) is 5.91 Å². The Morgan fingerprint density at radius 1 is 1.03 bits per heavy atom. The van der Waals surface area contributed by atoms with Crippen LogP contribution in [0.3, 0.4) is 0 Å². The third-order valence-electron chi connectivity index (χ3n) is 7.45. The fourth-order valence-corrected chi connectivity index (χ4v) is 5.81. The molecule has 2 aromatic rings. The van der Waals surface area contributed by atoms with Gasteiger partial charge in [-0.2, -0.15) is 5.10 Å². The maximum atomic E-state index is 12.4. The summed E-state index contributed by atoms with van der Waals surface area (Å²) < 4.78 is 1.91. The number of amides is 3. The quantitative estimate of drug-likeness (QED) is 0.813. The molecule has 0 spiro atoms. The van der Waals surface area contributed by atoms with E-state index in [1.165, 1.54) is 70.1 Å². The Morgan fingerprint density at radius 2 is 1.81 bits per heavy atom. The normalized spacial score (nSPS) is 22.3. The van der Waals surface area contributed by atoms with Gasteiger partial charge in [-0.15, -0.1) is 0 Å². The summed E-state index contributed by atoms with van der Waals surface area (Å²) in [6, 6.07) is 5.99. The lowest BCUT2D eigenvalue weighted by molar-refractivity contribution is -0.120. The molecule has 3 fully saturated rings. The number of para-hydroxylation sites is 1. The number of carbonyl (C=O) groups excluding carboxylic acids is 2. The van der Waals surface area contributed by atoms with Crippen LogP contribution in [0.2, 0.25) is 0 Å². The van der Waals surface area contributed by atoms with Gasteiger partial charge in [0.15, 0.2) is 5.82 Å². The van der Waals surface area contributed by atoms with E-state index >= 15 is 0 Å². The number of likely N-dealkylation sites (tertiary alicyclic amines) is 1. The number of imide groups is 1. The van der Waals surface area contributed by atoms with E-state index in [9.17, 15) is 9.59 Å². The molecule has 7 heteroatoms. The van der Waals surface area contributed by atoms with E-state index in [2.05, 4.69) is 22.3 Å². The molecule has 3 aliphatic rings. The van der Waals surface area contributed by atoms with Crippen molar-refractivity contribution in [2.75, 3.05) is 31.1 Å². The lowest BCUT2D eigenvalue weighted by atomic mass is 9.86. The van der Waals surface area contributed by atoms with Gasteiger partial charge < -0.3 is 4.90 Å². The number of aryl methyl sites for hydroxylation is 1. The summed E-state index contributed by atoms with van der Waals surface area (Å²) in [5.74, 6) is 1.85. The molecule has 5 rings (SSSR count). The molecule has 0 radical (unpaired) electrons. The number of aromatic nitrogens is 2. The summed E-state index contributed by atoms with van der Waals surface area (Å²) in [5.41, 5.74) is 2.46. The van der Waals surface area contributed by atoms with Crippen molar-refractivity contribution < 1.29 is 9.59 Å². The fraction of sp³-hybridized carbons (Fsp3) is 0.625. The minimum Gasteiger partial charge on any atom is -0.303 e. The number of nitrogens with zero attached hydrogens (tertiary/aromatic N) is 4. The Balaban J connectivity index is 1.33. The molecule has 1 saturated carbocycles. The number of piperidine rings is 1.